The smallest absolute Gasteiger partial charge is 0.260 e. The van der Waals surface area contributed by atoms with E-state index in [1.54, 1.807) is 4.90 Å². The van der Waals surface area contributed by atoms with Crippen LogP contribution in [0.25, 0.3) is 10.9 Å². The summed E-state index contributed by atoms with van der Waals surface area (Å²) in [5, 5.41) is 1.02. The van der Waals surface area contributed by atoms with Gasteiger partial charge in [0.2, 0.25) is 0 Å². The second kappa shape index (κ2) is 6.37. The Balaban J connectivity index is 2.18. The Morgan fingerprint density at radius 3 is 2.65 bits per heavy atom. The first-order chi connectivity index (χ1) is 9.65. The third-order valence-electron chi connectivity index (χ3n) is 3.29. The predicted octanol–water partition coefficient (Wildman–Crippen LogP) is 2.79. The highest BCUT2D eigenvalue weighted by Gasteiger charge is 2.11. The van der Waals surface area contributed by atoms with Crippen molar-refractivity contribution in [2.24, 2.45) is 0 Å². The minimum absolute atomic E-state index is 0.000318. The van der Waals surface area contributed by atoms with E-state index >= 15 is 0 Å². The molecule has 0 unspecified atom stereocenters. The average Bonchev–Trinajstić information content (AvgIpc) is 2.46. The highest BCUT2D eigenvalue weighted by Crippen LogP contribution is 2.23. The van der Waals surface area contributed by atoms with Crippen molar-refractivity contribution < 1.29 is 9.53 Å². The molecule has 0 aliphatic heterocycles. The number of para-hydroxylation sites is 1. The van der Waals surface area contributed by atoms with Crippen LogP contribution in [0, 0.1) is 6.92 Å². The molecule has 2 aromatic rings. The number of ether oxygens (including phenoxy) is 1. The highest BCUT2D eigenvalue weighted by molar-refractivity contribution is 5.85. The second-order valence-corrected chi connectivity index (χ2v) is 4.64. The molecule has 1 aromatic carbocycles. The standard InChI is InChI=1S/C16H20N2O2/c1-4-18(5-2)15(19)11-20-14-8-6-7-13-10-9-12(3)17-16(13)14/h6-10H,4-5,11H2,1-3H3. The van der Waals surface area contributed by atoms with Crippen LogP contribution >= 0.6 is 0 Å². The molecule has 0 atom stereocenters. The number of benzene rings is 1. The van der Waals surface area contributed by atoms with Crippen LogP contribution in [0.5, 0.6) is 5.75 Å². The van der Waals surface area contributed by atoms with E-state index in [-0.39, 0.29) is 12.5 Å². The first-order valence-corrected chi connectivity index (χ1v) is 6.92. The van der Waals surface area contributed by atoms with Gasteiger partial charge >= 0.3 is 0 Å². The minimum atomic E-state index is -0.000318. The van der Waals surface area contributed by atoms with Gasteiger partial charge < -0.3 is 9.64 Å². The van der Waals surface area contributed by atoms with Crippen LogP contribution in [0.3, 0.4) is 0 Å². The quantitative estimate of drug-likeness (QED) is 0.840. The molecule has 20 heavy (non-hydrogen) atoms. The Labute approximate surface area is 119 Å². The fourth-order valence-electron chi connectivity index (χ4n) is 2.14. The van der Waals surface area contributed by atoms with Gasteiger partial charge in [0.15, 0.2) is 6.61 Å². The molecule has 1 amide bonds. The van der Waals surface area contributed by atoms with Gasteiger partial charge in [0.05, 0.1) is 0 Å². The molecule has 0 aliphatic rings. The van der Waals surface area contributed by atoms with Gasteiger partial charge in [-0.25, -0.2) is 4.98 Å². The molecule has 0 saturated carbocycles. The first-order valence-electron chi connectivity index (χ1n) is 6.92. The number of rotatable bonds is 5. The topological polar surface area (TPSA) is 42.4 Å². The fraction of sp³-hybridized carbons (Fsp3) is 0.375. The molecule has 0 bridgehead atoms. The van der Waals surface area contributed by atoms with Crippen LogP contribution < -0.4 is 4.74 Å². The number of likely N-dealkylation sites (N-methyl/N-ethyl adjacent to an activating group) is 1. The molecule has 0 N–H and O–H groups in total. The number of fused-ring (bicyclic) bond motifs is 1. The van der Waals surface area contributed by atoms with Gasteiger partial charge in [-0.15, -0.1) is 0 Å². The van der Waals surface area contributed by atoms with Gasteiger partial charge in [-0.05, 0) is 32.9 Å². The zero-order valence-corrected chi connectivity index (χ0v) is 12.2. The van der Waals surface area contributed by atoms with Gasteiger partial charge in [0.1, 0.15) is 11.3 Å². The lowest BCUT2D eigenvalue weighted by Crippen LogP contribution is -2.34. The van der Waals surface area contributed by atoms with Crippen molar-refractivity contribution in [2.45, 2.75) is 20.8 Å². The SMILES string of the molecule is CCN(CC)C(=O)COc1cccc2ccc(C)nc12. The molecule has 1 heterocycles. The molecular weight excluding hydrogens is 252 g/mol. The van der Waals surface area contributed by atoms with Gasteiger partial charge in [-0.3, -0.25) is 4.79 Å². The Morgan fingerprint density at radius 1 is 1.20 bits per heavy atom. The van der Waals surface area contributed by atoms with Crippen molar-refractivity contribution in [3.63, 3.8) is 0 Å². The largest absolute Gasteiger partial charge is 0.481 e. The van der Waals surface area contributed by atoms with E-state index in [1.165, 1.54) is 0 Å². The molecule has 1 aromatic heterocycles. The van der Waals surface area contributed by atoms with Gasteiger partial charge in [0, 0.05) is 24.2 Å². The predicted molar refractivity (Wildman–Crippen MR) is 79.9 cm³/mol. The molecule has 4 heteroatoms. The van der Waals surface area contributed by atoms with Crippen molar-refractivity contribution in [1.29, 1.82) is 0 Å². The minimum Gasteiger partial charge on any atom is -0.481 e. The fourth-order valence-corrected chi connectivity index (χ4v) is 2.14. The van der Waals surface area contributed by atoms with Crippen molar-refractivity contribution in [3.8, 4) is 5.75 Å². The summed E-state index contributed by atoms with van der Waals surface area (Å²) in [6.07, 6.45) is 0. The third kappa shape index (κ3) is 3.07. The third-order valence-corrected chi connectivity index (χ3v) is 3.29. The van der Waals surface area contributed by atoms with E-state index in [4.69, 9.17) is 4.74 Å². The van der Waals surface area contributed by atoms with Gasteiger partial charge in [-0.1, -0.05) is 18.2 Å². The lowest BCUT2D eigenvalue weighted by Gasteiger charge is -2.18. The number of carbonyl (C=O) groups is 1. The number of carbonyl (C=O) groups excluding carboxylic acids is 1. The van der Waals surface area contributed by atoms with Gasteiger partial charge in [0.25, 0.3) is 5.91 Å². The van der Waals surface area contributed by atoms with E-state index in [0.29, 0.717) is 18.8 Å². The van der Waals surface area contributed by atoms with Crippen LogP contribution in [0.1, 0.15) is 19.5 Å². The summed E-state index contributed by atoms with van der Waals surface area (Å²) >= 11 is 0. The number of amides is 1. The number of aromatic nitrogens is 1. The number of hydrogen-bond acceptors (Lipinski definition) is 3. The van der Waals surface area contributed by atoms with E-state index < -0.39 is 0 Å². The van der Waals surface area contributed by atoms with Crippen molar-refractivity contribution in [1.82, 2.24) is 9.88 Å². The van der Waals surface area contributed by atoms with E-state index in [2.05, 4.69) is 4.98 Å². The van der Waals surface area contributed by atoms with Crippen molar-refractivity contribution in [2.75, 3.05) is 19.7 Å². The molecule has 0 spiro atoms. The second-order valence-electron chi connectivity index (χ2n) is 4.64. The van der Waals surface area contributed by atoms with Crippen LogP contribution in [0.2, 0.25) is 0 Å². The lowest BCUT2D eigenvalue weighted by atomic mass is 10.2. The number of aryl methyl sites for hydroxylation is 1. The van der Waals surface area contributed by atoms with Crippen molar-refractivity contribution >= 4 is 16.8 Å². The molecule has 2 rings (SSSR count). The maximum Gasteiger partial charge on any atom is 0.260 e. The molecular formula is C16H20N2O2. The van der Waals surface area contributed by atoms with Crippen LogP contribution in [-0.4, -0.2) is 35.5 Å². The zero-order valence-electron chi connectivity index (χ0n) is 12.2. The molecule has 106 valence electrons. The maximum absolute atomic E-state index is 12.0. The Kier molecular flexibility index (Phi) is 4.56. The summed E-state index contributed by atoms with van der Waals surface area (Å²) in [5.74, 6) is 0.659. The maximum atomic E-state index is 12.0. The summed E-state index contributed by atoms with van der Waals surface area (Å²) < 4.78 is 5.67. The average molecular weight is 272 g/mol. The Hall–Kier alpha value is -2.10. The highest BCUT2D eigenvalue weighted by atomic mass is 16.5. The zero-order chi connectivity index (χ0) is 14.5. The summed E-state index contributed by atoms with van der Waals surface area (Å²) in [6, 6.07) is 9.73. The monoisotopic (exact) mass is 272 g/mol. The van der Waals surface area contributed by atoms with Crippen molar-refractivity contribution in [3.05, 3.63) is 36.0 Å². The van der Waals surface area contributed by atoms with Crippen LogP contribution in [0.15, 0.2) is 30.3 Å². The normalized spacial score (nSPS) is 10.6. The van der Waals surface area contributed by atoms with Crippen LogP contribution in [0.4, 0.5) is 0 Å². The van der Waals surface area contributed by atoms with Gasteiger partial charge in [-0.2, -0.15) is 0 Å². The van der Waals surface area contributed by atoms with E-state index in [0.717, 1.165) is 16.6 Å². The molecule has 4 nitrogen and oxygen atoms in total. The summed E-state index contributed by atoms with van der Waals surface area (Å²) in [5.41, 5.74) is 1.74. The van der Waals surface area contributed by atoms with E-state index in [1.807, 2.05) is 51.1 Å². The summed E-state index contributed by atoms with van der Waals surface area (Å²) in [4.78, 5) is 18.2. The van der Waals surface area contributed by atoms with E-state index in [9.17, 15) is 4.79 Å². The Morgan fingerprint density at radius 2 is 1.95 bits per heavy atom. The summed E-state index contributed by atoms with van der Waals surface area (Å²) in [7, 11) is 0. The van der Waals surface area contributed by atoms with Crippen LogP contribution in [-0.2, 0) is 4.79 Å². The number of hydrogen-bond donors (Lipinski definition) is 0. The Bertz CT molecular complexity index is 606. The summed E-state index contributed by atoms with van der Waals surface area (Å²) in [6.45, 7) is 7.32. The first kappa shape index (κ1) is 14.3. The molecule has 0 aliphatic carbocycles. The number of pyridine rings is 1. The molecule has 0 saturated heterocycles. The number of nitrogens with zero attached hydrogens (tertiary/aromatic N) is 2. The lowest BCUT2D eigenvalue weighted by molar-refractivity contribution is -0.132. The molecule has 0 fully saturated rings. The molecule has 0 radical (unpaired) electrons.